The number of imidazole rings is 1. The monoisotopic (exact) mass is 374 g/mol. The van der Waals surface area contributed by atoms with Crippen LogP contribution in [0.3, 0.4) is 0 Å². The Labute approximate surface area is 154 Å². The lowest BCUT2D eigenvalue weighted by molar-refractivity contribution is -0.119. The summed E-state index contributed by atoms with van der Waals surface area (Å²) in [4.78, 5) is 16.1. The molecule has 1 amide bonds. The normalized spacial score (nSPS) is 10.9. The van der Waals surface area contributed by atoms with Crippen LogP contribution in [0.25, 0.3) is 0 Å². The Bertz CT molecular complexity index is 594. The van der Waals surface area contributed by atoms with Crippen molar-refractivity contribution in [2.45, 2.75) is 13.5 Å². The van der Waals surface area contributed by atoms with Crippen LogP contribution in [0, 0.1) is 5.92 Å². The molecule has 2 rings (SSSR count). The maximum absolute atomic E-state index is 12.1. The minimum atomic E-state index is -0.107. The average molecular weight is 375 g/mol. The van der Waals surface area contributed by atoms with E-state index < -0.39 is 0 Å². The Morgan fingerprint density at radius 2 is 2.08 bits per heavy atom. The number of anilines is 1. The number of rotatable bonds is 8. The second kappa shape index (κ2) is 11.7. The number of hydrogen-bond acceptors (Lipinski definition) is 4. The third-order valence-corrected chi connectivity index (χ3v) is 3.27. The number of carbonyl (C=O) groups excluding carboxylic acids is 1. The number of ether oxygens (including phenoxy) is 1. The van der Waals surface area contributed by atoms with E-state index in [0.717, 1.165) is 0 Å². The number of para-hydroxylation sites is 2. The molecule has 24 heavy (non-hydrogen) atoms. The van der Waals surface area contributed by atoms with E-state index in [1.54, 1.807) is 12.5 Å². The summed E-state index contributed by atoms with van der Waals surface area (Å²) in [5.41, 5.74) is 0.695. The molecule has 1 heterocycles. The van der Waals surface area contributed by atoms with Crippen LogP contribution in [0.4, 0.5) is 5.69 Å². The van der Waals surface area contributed by atoms with Gasteiger partial charge < -0.3 is 19.9 Å². The highest BCUT2D eigenvalue weighted by Gasteiger charge is 2.14. The molecule has 0 aliphatic rings. The third kappa shape index (κ3) is 6.78. The lowest BCUT2D eigenvalue weighted by Gasteiger charge is -2.15. The van der Waals surface area contributed by atoms with E-state index in [9.17, 15) is 4.79 Å². The number of nitrogens with zero attached hydrogens (tertiary/aromatic N) is 2. The van der Waals surface area contributed by atoms with Gasteiger partial charge in [0.15, 0.2) is 0 Å². The lowest BCUT2D eigenvalue weighted by Crippen LogP contribution is -2.28. The predicted octanol–water partition coefficient (Wildman–Crippen LogP) is 2.60. The predicted molar refractivity (Wildman–Crippen MR) is 100 cm³/mol. The van der Waals surface area contributed by atoms with Crippen molar-refractivity contribution in [3.8, 4) is 5.75 Å². The summed E-state index contributed by atoms with van der Waals surface area (Å²) < 4.78 is 7.71. The standard InChI is InChI=1S/C16H22N4O2.2ClH/c1-13(11-17-2)16(21)19-14-5-3-4-6-15(14)22-10-9-20-8-7-18-12-20;;/h3-8,12-13,17H,9-11H2,1-2H3,(H,19,21);2*1H. The SMILES string of the molecule is CNCC(C)C(=O)Nc1ccccc1OCCn1ccnc1.Cl.Cl. The van der Waals surface area contributed by atoms with Gasteiger partial charge in [0.2, 0.25) is 5.91 Å². The molecule has 0 aliphatic carbocycles. The second-order valence-electron chi connectivity index (χ2n) is 5.09. The first-order chi connectivity index (χ1) is 10.7. The molecule has 0 spiro atoms. The van der Waals surface area contributed by atoms with Crippen molar-refractivity contribution in [2.75, 3.05) is 25.5 Å². The van der Waals surface area contributed by atoms with E-state index in [0.29, 0.717) is 31.1 Å². The molecule has 1 aromatic heterocycles. The fraction of sp³-hybridized carbons (Fsp3) is 0.375. The van der Waals surface area contributed by atoms with E-state index in [1.807, 2.05) is 49.0 Å². The van der Waals surface area contributed by atoms with Crippen LogP contribution in [0.2, 0.25) is 0 Å². The Hall–Kier alpha value is -1.76. The van der Waals surface area contributed by atoms with Gasteiger partial charge in [-0.05, 0) is 19.2 Å². The first-order valence-corrected chi connectivity index (χ1v) is 7.33. The van der Waals surface area contributed by atoms with Gasteiger partial charge in [-0.1, -0.05) is 19.1 Å². The van der Waals surface area contributed by atoms with E-state index >= 15 is 0 Å². The van der Waals surface area contributed by atoms with Gasteiger partial charge in [-0.2, -0.15) is 0 Å². The number of aromatic nitrogens is 2. The molecule has 0 aliphatic heterocycles. The zero-order valence-corrected chi connectivity index (χ0v) is 15.4. The smallest absolute Gasteiger partial charge is 0.228 e. The highest BCUT2D eigenvalue weighted by molar-refractivity contribution is 5.93. The molecule has 6 nitrogen and oxygen atoms in total. The van der Waals surface area contributed by atoms with Crippen LogP contribution >= 0.6 is 24.8 Å². The van der Waals surface area contributed by atoms with Crippen LogP contribution in [0.1, 0.15) is 6.92 Å². The van der Waals surface area contributed by atoms with Gasteiger partial charge >= 0.3 is 0 Å². The van der Waals surface area contributed by atoms with E-state index in [4.69, 9.17) is 4.74 Å². The van der Waals surface area contributed by atoms with Gasteiger partial charge in [-0.3, -0.25) is 4.79 Å². The number of benzene rings is 1. The van der Waals surface area contributed by atoms with Crippen molar-refractivity contribution >= 4 is 36.4 Å². The van der Waals surface area contributed by atoms with Crippen LogP contribution in [0.15, 0.2) is 43.0 Å². The fourth-order valence-corrected chi connectivity index (χ4v) is 2.03. The van der Waals surface area contributed by atoms with E-state index in [1.165, 1.54) is 0 Å². The van der Waals surface area contributed by atoms with E-state index in [2.05, 4.69) is 15.6 Å². The quantitative estimate of drug-likeness (QED) is 0.744. The molecular weight excluding hydrogens is 351 g/mol. The summed E-state index contributed by atoms with van der Waals surface area (Å²) in [6, 6.07) is 7.46. The summed E-state index contributed by atoms with van der Waals surface area (Å²) in [7, 11) is 1.83. The van der Waals surface area contributed by atoms with Crippen LogP contribution in [-0.4, -0.2) is 35.7 Å². The summed E-state index contributed by atoms with van der Waals surface area (Å²) in [6.45, 7) is 3.73. The summed E-state index contributed by atoms with van der Waals surface area (Å²) in [6.07, 6.45) is 5.37. The number of nitrogens with one attached hydrogen (secondary N) is 2. The van der Waals surface area contributed by atoms with Crippen LogP contribution in [0.5, 0.6) is 5.75 Å². The first kappa shape index (κ1) is 22.2. The zero-order valence-electron chi connectivity index (χ0n) is 13.8. The molecule has 0 fully saturated rings. The molecule has 2 N–H and O–H groups in total. The highest BCUT2D eigenvalue weighted by Crippen LogP contribution is 2.24. The molecule has 1 aromatic carbocycles. The molecule has 0 bridgehead atoms. The molecule has 0 saturated heterocycles. The Kier molecular flexibility index (Phi) is 10.9. The molecule has 134 valence electrons. The first-order valence-electron chi connectivity index (χ1n) is 7.33. The van der Waals surface area contributed by atoms with Crippen molar-refractivity contribution in [2.24, 2.45) is 5.92 Å². The van der Waals surface area contributed by atoms with Gasteiger partial charge in [-0.15, -0.1) is 24.8 Å². The van der Waals surface area contributed by atoms with Crippen molar-refractivity contribution in [3.63, 3.8) is 0 Å². The maximum atomic E-state index is 12.1. The molecule has 0 saturated carbocycles. The fourth-order valence-electron chi connectivity index (χ4n) is 2.03. The van der Waals surface area contributed by atoms with Crippen molar-refractivity contribution in [1.82, 2.24) is 14.9 Å². The zero-order chi connectivity index (χ0) is 15.8. The molecular formula is C16H24Cl2N4O2. The maximum Gasteiger partial charge on any atom is 0.228 e. The summed E-state index contributed by atoms with van der Waals surface area (Å²) in [5, 5.41) is 5.91. The number of amides is 1. The van der Waals surface area contributed by atoms with Gasteiger partial charge in [0.25, 0.3) is 0 Å². The Morgan fingerprint density at radius 3 is 2.75 bits per heavy atom. The van der Waals surface area contributed by atoms with Crippen molar-refractivity contribution in [1.29, 1.82) is 0 Å². The number of hydrogen-bond donors (Lipinski definition) is 2. The van der Waals surface area contributed by atoms with Gasteiger partial charge in [0.1, 0.15) is 12.4 Å². The number of carbonyl (C=O) groups is 1. The molecule has 2 aromatic rings. The summed E-state index contributed by atoms with van der Waals surface area (Å²) in [5.74, 6) is 0.539. The minimum Gasteiger partial charge on any atom is -0.490 e. The molecule has 0 radical (unpaired) electrons. The van der Waals surface area contributed by atoms with Gasteiger partial charge in [0.05, 0.1) is 18.6 Å². The molecule has 1 atom stereocenters. The molecule has 8 heteroatoms. The van der Waals surface area contributed by atoms with Crippen molar-refractivity contribution in [3.05, 3.63) is 43.0 Å². The highest BCUT2D eigenvalue weighted by atomic mass is 35.5. The van der Waals surface area contributed by atoms with Crippen molar-refractivity contribution < 1.29 is 9.53 Å². The molecule has 1 unspecified atom stereocenters. The van der Waals surface area contributed by atoms with Crippen LogP contribution in [-0.2, 0) is 11.3 Å². The third-order valence-electron chi connectivity index (χ3n) is 3.27. The van der Waals surface area contributed by atoms with E-state index in [-0.39, 0.29) is 36.6 Å². The largest absolute Gasteiger partial charge is 0.490 e. The average Bonchev–Trinajstić information content (AvgIpc) is 3.02. The van der Waals surface area contributed by atoms with Gasteiger partial charge in [0, 0.05) is 24.9 Å². The number of halogens is 2. The Morgan fingerprint density at radius 1 is 1.33 bits per heavy atom. The Balaban J connectivity index is 0.00000264. The second-order valence-corrected chi connectivity index (χ2v) is 5.09. The van der Waals surface area contributed by atoms with Crippen LogP contribution < -0.4 is 15.4 Å². The summed E-state index contributed by atoms with van der Waals surface area (Å²) >= 11 is 0. The topological polar surface area (TPSA) is 68.2 Å². The minimum absolute atomic E-state index is 0. The lowest BCUT2D eigenvalue weighted by atomic mass is 10.1. The van der Waals surface area contributed by atoms with Gasteiger partial charge in [-0.25, -0.2) is 4.98 Å².